The number of rotatable bonds is 5. The second kappa shape index (κ2) is 6.37. The number of hydrogen-bond acceptors (Lipinski definition) is 2. The van der Waals surface area contributed by atoms with E-state index in [1.54, 1.807) is 0 Å². The van der Waals surface area contributed by atoms with Gasteiger partial charge in [0.25, 0.3) is 0 Å². The Morgan fingerprint density at radius 3 is 2.55 bits per heavy atom. The molecule has 2 aliphatic heterocycles. The van der Waals surface area contributed by atoms with E-state index >= 15 is 0 Å². The molecular weight excluding hydrogens is 270 g/mol. The number of ketones is 1. The molecule has 1 aromatic rings. The first-order valence-electron chi connectivity index (χ1n) is 8.70. The van der Waals surface area contributed by atoms with E-state index in [1.165, 1.54) is 23.1 Å². The predicted molar refractivity (Wildman–Crippen MR) is 91.9 cm³/mol. The fourth-order valence-corrected chi connectivity index (χ4v) is 4.25. The Bertz CT molecular complexity index is 560. The molecule has 4 atom stereocenters. The van der Waals surface area contributed by atoms with Gasteiger partial charge in [0.2, 0.25) is 0 Å². The van der Waals surface area contributed by atoms with Crippen molar-refractivity contribution in [3.05, 3.63) is 42.0 Å². The maximum absolute atomic E-state index is 12.5. The van der Waals surface area contributed by atoms with Crippen LogP contribution in [-0.4, -0.2) is 17.9 Å². The summed E-state index contributed by atoms with van der Waals surface area (Å²) in [5.74, 6) is 0.962. The third kappa shape index (κ3) is 2.77. The van der Waals surface area contributed by atoms with E-state index < -0.39 is 0 Å². The van der Waals surface area contributed by atoms with Crippen LogP contribution in [0, 0.1) is 5.92 Å². The molecule has 2 saturated heterocycles. The minimum atomic E-state index is 0.156. The number of piperidine rings is 1. The number of nitrogens with one attached hydrogen (secondary N) is 1. The largest absolute Gasteiger partial charge is 0.310 e. The van der Waals surface area contributed by atoms with Crippen molar-refractivity contribution in [2.75, 3.05) is 0 Å². The van der Waals surface area contributed by atoms with Crippen molar-refractivity contribution in [2.45, 2.75) is 64.0 Å². The lowest BCUT2D eigenvalue weighted by atomic mass is 9.74. The van der Waals surface area contributed by atoms with Crippen molar-refractivity contribution in [2.24, 2.45) is 5.92 Å². The summed E-state index contributed by atoms with van der Waals surface area (Å²) in [6.07, 6.45) is 5.10. The van der Waals surface area contributed by atoms with E-state index in [4.69, 9.17) is 0 Å². The van der Waals surface area contributed by atoms with E-state index in [2.05, 4.69) is 43.1 Å². The van der Waals surface area contributed by atoms with Gasteiger partial charge < -0.3 is 5.32 Å². The van der Waals surface area contributed by atoms with E-state index in [1.807, 2.05) is 6.92 Å². The van der Waals surface area contributed by atoms with Gasteiger partial charge in [-0.05, 0) is 48.3 Å². The summed E-state index contributed by atoms with van der Waals surface area (Å²) in [5, 5.41) is 3.66. The quantitative estimate of drug-likeness (QED) is 0.877. The number of Topliss-reactive ketones (excluding diaryl/α,β-unsaturated/α-hetero) is 1. The van der Waals surface area contributed by atoms with E-state index in [0.29, 0.717) is 30.2 Å². The predicted octanol–water partition coefficient (Wildman–Crippen LogP) is 4.31. The number of fused-ring (bicyclic) bond motifs is 2. The molecule has 0 aliphatic carbocycles. The molecular formula is C20H27NO. The Hall–Kier alpha value is -1.41. The second-order valence-electron chi connectivity index (χ2n) is 6.81. The molecule has 1 aromatic carbocycles. The van der Waals surface area contributed by atoms with Gasteiger partial charge in [-0.25, -0.2) is 0 Å². The molecule has 2 bridgehead atoms. The van der Waals surface area contributed by atoms with Gasteiger partial charge in [-0.2, -0.15) is 0 Å². The molecule has 118 valence electrons. The van der Waals surface area contributed by atoms with Gasteiger partial charge in [-0.15, -0.1) is 0 Å². The molecule has 0 spiro atoms. The lowest BCUT2D eigenvalue weighted by molar-refractivity contribution is -0.124. The van der Waals surface area contributed by atoms with Crippen molar-refractivity contribution in [1.82, 2.24) is 5.32 Å². The minimum Gasteiger partial charge on any atom is -0.310 e. The maximum atomic E-state index is 12.5. The molecule has 22 heavy (non-hydrogen) atoms. The zero-order chi connectivity index (χ0) is 15.7. The summed E-state index contributed by atoms with van der Waals surface area (Å²) in [5.41, 5.74) is 3.73. The summed E-state index contributed by atoms with van der Waals surface area (Å²) in [6.45, 7) is 8.24. The van der Waals surface area contributed by atoms with E-state index in [-0.39, 0.29) is 5.92 Å². The van der Waals surface area contributed by atoms with Crippen LogP contribution in [0.2, 0.25) is 0 Å². The highest BCUT2D eigenvalue weighted by Gasteiger charge is 2.44. The molecule has 2 aliphatic rings. The summed E-state index contributed by atoms with van der Waals surface area (Å²) in [7, 11) is 0. The van der Waals surface area contributed by atoms with Crippen molar-refractivity contribution in [1.29, 1.82) is 0 Å². The van der Waals surface area contributed by atoms with Crippen LogP contribution < -0.4 is 5.32 Å². The summed E-state index contributed by atoms with van der Waals surface area (Å²) >= 11 is 0. The SMILES string of the molecule is C=C(CC)c1ccc([C@H]2CC3CCC(N3)C2C(=O)CC)cc1. The summed E-state index contributed by atoms with van der Waals surface area (Å²) in [4.78, 5) is 12.5. The lowest BCUT2D eigenvalue weighted by Gasteiger charge is -2.37. The average Bonchev–Trinajstić information content (AvgIpc) is 2.94. The highest BCUT2D eigenvalue weighted by molar-refractivity contribution is 5.83. The highest BCUT2D eigenvalue weighted by Crippen LogP contribution is 2.42. The van der Waals surface area contributed by atoms with Crippen LogP contribution in [-0.2, 0) is 4.79 Å². The topological polar surface area (TPSA) is 29.1 Å². The molecule has 0 saturated carbocycles. The average molecular weight is 297 g/mol. The van der Waals surface area contributed by atoms with Gasteiger partial charge in [-0.3, -0.25) is 4.79 Å². The first kappa shape index (κ1) is 15.5. The Kier molecular flexibility index (Phi) is 4.49. The van der Waals surface area contributed by atoms with Crippen LogP contribution in [0.15, 0.2) is 30.8 Å². The van der Waals surface area contributed by atoms with Gasteiger partial charge in [-0.1, -0.05) is 44.7 Å². The van der Waals surface area contributed by atoms with Crippen molar-refractivity contribution in [3.63, 3.8) is 0 Å². The monoisotopic (exact) mass is 297 g/mol. The molecule has 2 fully saturated rings. The fourth-order valence-electron chi connectivity index (χ4n) is 4.25. The van der Waals surface area contributed by atoms with Crippen molar-refractivity contribution in [3.8, 4) is 0 Å². The van der Waals surface area contributed by atoms with Gasteiger partial charge in [0, 0.05) is 24.4 Å². The summed E-state index contributed by atoms with van der Waals surface area (Å²) < 4.78 is 0. The Balaban J connectivity index is 1.87. The van der Waals surface area contributed by atoms with Gasteiger partial charge >= 0.3 is 0 Å². The Morgan fingerprint density at radius 2 is 1.91 bits per heavy atom. The number of carbonyl (C=O) groups excluding carboxylic acids is 1. The lowest BCUT2D eigenvalue weighted by Crippen LogP contribution is -2.47. The van der Waals surface area contributed by atoms with Gasteiger partial charge in [0.15, 0.2) is 0 Å². The number of allylic oxidation sites excluding steroid dienone is 1. The van der Waals surface area contributed by atoms with Crippen molar-refractivity contribution >= 4 is 11.4 Å². The molecule has 0 amide bonds. The molecule has 2 nitrogen and oxygen atoms in total. The van der Waals surface area contributed by atoms with Crippen LogP contribution in [0.5, 0.6) is 0 Å². The molecule has 0 aromatic heterocycles. The fraction of sp³-hybridized carbons (Fsp3) is 0.550. The Labute approximate surface area is 134 Å². The standard InChI is InChI=1S/C20H27NO/c1-4-13(3)14-6-8-15(9-7-14)17-12-16-10-11-18(21-16)20(17)19(22)5-2/h6-9,16-18,20-21H,3-5,10-12H2,1-2H3/t16?,17-,18?,20?/m1/s1. The van der Waals surface area contributed by atoms with E-state index in [9.17, 15) is 4.79 Å². The van der Waals surface area contributed by atoms with Crippen LogP contribution in [0.4, 0.5) is 0 Å². The zero-order valence-electron chi connectivity index (χ0n) is 13.8. The van der Waals surface area contributed by atoms with Crippen molar-refractivity contribution < 1.29 is 4.79 Å². The Morgan fingerprint density at radius 1 is 1.18 bits per heavy atom. The molecule has 3 unspecified atom stereocenters. The minimum absolute atomic E-state index is 0.156. The normalized spacial score (nSPS) is 30.3. The highest BCUT2D eigenvalue weighted by atomic mass is 16.1. The molecule has 0 radical (unpaired) electrons. The van der Waals surface area contributed by atoms with Crippen LogP contribution in [0.25, 0.3) is 5.57 Å². The smallest absolute Gasteiger partial charge is 0.137 e. The molecule has 1 N–H and O–H groups in total. The molecule has 2 heterocycles. The molecule has 2 heteroatoms. The van der Waals surface area contributed by atoms with Crippen LogP contribution in [0.3, 0.4) is 0 Å². The summed E-state index contributed by atoms with van der Waals surface area (Å²) in [6, 6.07) is 9.79. The number of carbonyl (C=O) groups is 1. The third-order valence-corrected chi connectivity index (χ3v) is 5.58. The number of hydrogen-bond donors (Lipinski definition) is 1. The zero-order valence-corrected chi connectivity index (χ0v) is 13.8. The maximum Gasteiger partial charge on any atom is 0.137 e. The first-order valence-corrected chi connectivity index (χ1v) is 8.70. The van der Waals surface area contributed by atoms with Crippen LogP contribution in [0.1, 0.15) is 63.0 Å². The van der Waals surface area contributed by atoms with Crippen LogP contribution >= 0.6 is 0 Å². The second-order valence-corrected chi connectivity index (χ2v) is 6.81. The van der Waals surface area contributed by atoms with Gasteiger partial charge in [0.05, 0.1) is 0 Å². The van der Waals surface area contributed by atoms with E-state index in [0.717, 1.165) is 19.3 Å². The third-order valence-electron chi connectivity index (χ3n) is 5.58. The first-order chi connectivity index (χ1) is 10.6. The number of benzene rings is 1. The van der Waals surface area contributed by atoms with Gasteiger partial charge in [0.1, 0.15) is 5.78 Å². The molecule has 3 rings (SSSR count).